The second-order valence-electron chi connectivity index (χ2n) is 4.05. The molecule has 2 aromatic carbocycles. The van der Waals surface area contributed by atoms with Gasteiger partial charge >= 0.3 is 0 Å². The molecule has 0 atom stereocenters. The van der Waals surface area contributed by atoms with Crippen molar-refractivity contribution in [2.75, 3.05) is 5.32 Å². The number of para-hydroxylation sites is 1. The van der Waals surface area contributed by atoms with E-state index in [9.17, 15) is 4.39 Å². The van der Waals surface area contributed by atoms with Crippen LogP contribution in [0.4, 0.5) is 10.1 Å². The molecule has 0 fully saturated rings. The number of hydrogen-bond acceptors (Lipinski definition) is 1. The van der Waals surface area contributed by atoms with Gasteiger partial charge in [0.25, 0.3) is 0 Å². The minimum absolute atomic E-state index is 0.184. The molecule has 0 saturated heterocycles. The van der Waals surface area contributed by atoms with Gasteiger partial charge in [0.1, 0.15) is 5.82 Å². The van der Waals surface area contributed by atoms with Crippen molar-refractivity contribution in [2.45, 2.75) is 13.5 Å². The van der Waals surface area contributed by atoms with Crippen LogP contribution in [0, 0.1) is 12.7 Å². The summed E-state index contributed by atoms with van der Waals surface area (Å²) in [6.07, 6.45) is 0. The Bertz CT molecular complexity index is 549. The SMILES string of the molecule is Cc1ccc(F)c(CNc2c(Br)cccc2Br)c1. The molecule has 0 saturated carbocycles. The van der Waals surface area contributed by atoms with Crippen molar-refractivity contribution < 1.29 is 4.39 Å². The van der Waals surface area contributed by atoms with Crippen LogP contribution in [0.3, 0.4) is 0 Å². The van der Waals surface area contributed by atoms with Gasteiger partial charge in [0.05, 0.1) is 5.69 Å². The fourth-order valence-corrected chi connectivity index (χ4v) is 2.97. The summed E-state index contributed by atoms with van der Waals surface area (Å²) in [5.41, 5.74) is 2.65. The number of benzene rings is 2. The van der Waals surface area contributed by atoms with Gasteiger partial charge in [-0.2, -0.15) is 0 Å². The lowest BCUT2D eigenvalue weighted by Crippen LogP contribution is -2.03. The minimum Gasteiger partial charge on any atom is -0.379 e. The van der Waals surface area contributed by atoms with Crippen LogP contribution >= 0.6 is 31.9 Å². The molecule has 2 aromatic rings. The first-order valence-corrected chi connectivity index (χ1v) is 7.09. The predicted molar refractivity (Wildman–Crippen MR) is 80.3 cm³/mol. The summed E-state index contributed by atoms with van der Waals surface area (Å²) in [5, 5.41) is 3.23. The fourth-order valence-electron chi connectivity index (χ4n) is 1.69. The van der Waals surface area contributed by atoms with Gasteiger partial charge in [0.15, 0.2) is 0 Å². The second-order valence-corrected chi connectivity index (χ2v) is 5.75. The van der Waals surface area contributed by atoms with Crippen molar-refractivity contribution in [3.63, 3.8) is 0 Å². The third-order valence-electron chi connectivity index (χ3n) is 2.62. The van der Waals surface area contributed by atoms with Crippen LogP contribution in [0.15, 0.2) is 45.3 Å². The molecular weight excluding hydrogens is 361 g/mol. The molecule has 18 heavy (non-hydrogen) atoms. The molecule has 0 heterocycles. The van der Waals surface area contributed by atoms with Crippen molar-refractivity contribution >= 4 is 37.5 Å². The normalized spacial score (nSPS) is 10.4. The lowest BCUT2D eigenvalue weighted by Gasteiger charge is -2.11. The molecule has 0 spiro atoms. The molecule has 0 amide bonds. The van der Waals surface area contributed by atoms with E-state index < -0.39 is 0 Å². The Morgan fingerprint density at radius 1 is 1.11 bits per heavy atom. The third kappa shape index (κ3) is 3.12. The van der Waals surface area contributed by atoms with Gasteiger partial charge in [-0.15, -0.1) is 0 Å². The lowest BCUT2D eigenvalue weighted by atomic mass is 10.1. The van der Waals surface area contributed by atoms with E-state index in [2.05, 4.69) is 37.2 Å². The Hall–Kier alpha value is -0.870. The second kappa shape index (κ2) is 5.85. The summed E-state index contributed by atoms with van der Waals surface area (Å²) in [6, 6.07) is 11.0. The number of halogens is 3. The maximum atomic E-state index is 13.6. The Morgan fingerprint density at radius 2 is 1.78 bits per heavy atom. The molecule has 0 aliphatic heterocycles. The van der Waals surface area contributed by atoms with Crippen molar-refractivity contribution in [1.29, 1.82) is 0 Å². The summed E-state index contributed by atoms with van der Waals surface area (Å²) in [4.78, 5) is 0. The van der Waals surface area contributed by atoms with E-state index in [0.29, 0.717) is 12.1 Å². The summed E-state index contributed by atoms with van der Waals surface area (Å²) in [5.74, 6) is -0.184. The van der Waals surface area contributed by atoms with Crippen LogP contribution in [0.1, 0.15) is 11.1 Å². The van der Waals surface area contributed by atoms with Crippen molar-refractivity contribution in [3.8, 4) is 0 Å². The van der Waals surface area contributed by atoms with Crippen LogP contribution in [0.5, 0.6) is 0 Å². The van der Waals surface area contributed by atoms with E-state index in [1.54, 1.807) is 6.07 Å². The van der Waals surface area contributed by atoms with Crippen LogP contribution in [-0.2, 0) is 6.54 Å². The molecule has 0 aliphatic carbocycles. The Balaban J connectivity index is 2.19. The minimum atomic E-state index is -0.184. The highest BCUT2D eigenvalue weighted by Crippen LogP contribution is 2.31. The molecule has 1 N–H and O–H groups in total. The smallest absolute Gasteiger partial charge is 0.128 e. The number of aryl methyl sites for hydroxylation is 1. The van der Waals surface area contributed by atoms with Gasteiger partial charge in [0.2, 0.25) is 0 Å². The average Bonchev–Trinajstić information content (AvgIpc) is 2.33. The molecule has 0 radical (unpaired) electrons. The van der Waals surface area contributed by atoms with Crippen molar-refractivity contribution in [1.82, 2.24) is 0 Å². The summed E-state index contributed by atoms with van der Waals surface area (Å²) < 4.78 is 15.5. The quantitative estimate of drug-likeness (QED) is 0.773. The topological polar surface area (TPSA) is 12.0 Å². The summed E-state index contributed by atoms with van der Waals surface area (Å²) in [7, 11) is 0. The molecule has 2 rings (SSSR count). The van der Waals surface area contributed by atoms with Gasteiger partial charge in [-0.1, -0.05) is 23.8 Å². The van der Waals surface area contributed by atoms with Crippen LogP contribution in [-0.4, -0.2) is 0 Å². The van der Waals surface area contributed by atoms with Crippen LogP contribution in [0.2, 0.25) is 0 Å². The zero-order chi connectivity index (χ0) is 13.1. The Morgan fingerprint density at radius 3 is 2.44 bits per heavy atom. The predicted octanol–water partition coefficient (Wildman–Crippen LogP) is 5.27. The highest BCUT2D eigenvalue weighted by atomic mass is 79.9. The van der Waals surface area contributed by atoms with Crippen LogP contribution in [0.25, 0.3) is 0 Å². The highest BCUT2D eigenvalue weighted by molar-refractivity contribution is 9.11. The molecule has 4 heteroatoms. The molecule has 1 nitrogen and oxygen atoms in total. The third-order valence-corrected chi connectivity index (χ3v) is 3.94. The average molecular weight is 373 g/mol. The number of rotatable bonds is 3. The first kappa shape index (κ1) is 13.6. The lowest BCUT2D eigenvalue weighted by molar-refractivity contribution is 0.612. The monoisotopic (exact) mass is 371 g/mol. The Kier molecular flexibility index (Phi) is 4.40. The molecular formula is C14H12Br2FN. The van der Waals surface area contributed by atoms with Gasteiger partial charge < -0.3 is 5.32 Å². The van der Waals surface area contributed by atoms with Gasteiger partial charge in [-0.05, 0) is 57.0 Å². The molecule has 0 aliphatic rings. The van der Waals surface area contributed by atoms with E-state index in [-0.39, 0.29) is 5.82 Å². The zero-order valence-corrected chi connectivity index (χ0v) is 13.0. The highest BCUT2D eigenvalue weighted by Gasteiger charge is 2.06. The van der Waals surface area contributed by atoms with Crippen molar-refractivity contribution in [3.05, 3.63) is 62.3 Å². The van der Waals surface area contributed by atoms with E-state index in [1.807, 2.05) is 31.2 Å². The molecule has 0 bridgehead atoms. The first-order valence-electron chi connectivity index (χ1n) is 5.51. The maximum Gasteiger partial charge on any atom is 0.128 e. The maximum absolute atomic E-state index is 13.6. The summed E-state index contributed by atoms with van der Waals surface area (Å²) in [6.45, 7) is 2.41. The molecule has 0 unspecified atom stereocenters. The molecule has 94 valence electrons. The van der Waals surface area contributed by atoms with Gasteiger partial charge in [-0.25, -0.2) is 4.39 Å². The van der Waals surface area contributed by atoms with Crippen molar-refractivity contribution in [2.24, 2.45) is 0 Å². The van der Waals surface area contributed by atoms with Gasteiger partial charge in [-0.3, -0.25) is 0 Å². The molecule has 0 aromatic heterocycles. The number of anilines is 1. The summed E-state index contributed by atoms with van der Waals surface area (Å²) >= 11 is 6.93. The number of hydrogen-bond donors (Lipinski definition) is 1. The first-order chi connectivity index (χ1) is 8.58. The fraction of sp³-hybridized carbons (Fsp3) is 0.143. The Labute approximate surface area is 123 Å². The van der Waals surface area contributed by atoms with E-state index in [0.717, 1.165) is 20.2 Å². The van der Waals surface area contributed by atoms with E-state index in [4.69, 9.17) is 0 Å². The number of nitrogens with one attached hydrogen (secondary N) is 1. The zero-order valence-electron chi connectivity index (χ0n) is 9.81. The van der Waals surface area contributed by atoms with E-state index >= 15 is 0 Å². The van der Waals surface area contributed by atoms with Gasteiger partial charge in [0, 0.05) is 21.1 Å². The standard InChI is InChI=1S/C14H12Br2FN/c1-9-5-6-13(17)10(7-9)8-18-14-11(15)3-2-4-12(14)16/h2-7,18H,8H2,1H3. The van der Waals surface area contributed by atoms with E-state index in [1.165, 1.54) is 6.07 Å². The largest absolute Gasteiger partial charge is 0.379 e. The van der Waals surface area contributed by atoms with Crippen LogP contribution < -0.4 is 5.32 Å².